The Bertz CT molecular complexity index is 459. The lowest BCUT2D eigenvalue weighted by Gasteiger charge is -2.31. The van der Waals surface area contributed by atoms with Crippen LogP contribution in [-0.4, -0.2) is 57.8 Å². The Morgan fingerprint density at radius 1 is 1.33 bits per heavy atom. The number of anilines is 1. The Labute approximate surface area is 126 Å². The van der Waals surface area contributed by atoms with Crippen LogP contribution in [-0.2, 0) is 16.1 Å². The summed E-state index contributed by atoms with van der Waals surface area (Å²) in [4.78, 5) is 16.2. The number of amides is 1. The van der Waals surface area contributed by atoms with E-state index >= 15 is 0 Å². The molecule has 0 bridgehead atoms. The number of nitrogens with one attached hydrogen (secondary N) is 1. The molecule has 1 heterocycles. The summed E-state index contributed by atoms with van der Waals surface area (Å²) in [7, 11) is 3.73. The van der Waals surface area contributed by atoms with Crippen LogP contribution in [0.4, 0.5) is 5.69 Å². The zero-order chi connectivity index (χ0) is 15.1. The fourth-order valence-corrected chi connectivity index (χ4v) is 2.52. The van der Waals surface area contributed by atoms with Crippen molar-refractivity contribution in [2.24, 2.45) is 0 Å². The van der Waals surface area contributed by atoms with Crippen molar-refractivity contribution in [2.75, 3.05) is 51.8 Å². The fourth-order valence-electron chi connectivity index (χ4n) is 2.52. The first-order chi connectivity index (χ1) is 10.2. The van der Waals surface area contributed by atoms with Gasteiger partial charge < -0.3 is 19.9 Å². The maximum absolute atomic E-state index is 12.0. The zero-order valence-corrected chi connectivity index (χ0v) is 13.0. The summed E-state index contributed by atoms with van der Waals surface area (Å²) in [6.45, 7) is 4.73. The van der Waals surface area contributed by atoms with Gasteiger partial charge in [0.15, 0.2) is 0 Å². The van der Waals surface area contributed by atoms with Crippen LogP contribution in [0.15, 0.2) is 24.3 Å². The highest BCUT2D eigenvalue weighted by molar-refractivity contribution is 5.76. The number of nitrogens with zero attached hydrogens (tertiary/aromatic N) is 2. The second-order valence-corrected chi connectivity index (χ2v) is 5.33. The van der Waals surface area contributed by atoms with Crippen molar-refractivity contribution < 1.29 is 9.53 Å². The first-order valence-electron chi connectivity index (χ1n) is 7.51. The molecule has 1 aromatic rings. The molecular formula is C16H25N3O2. The van der Waals surface area contributed by atoms with Gasteiger partial charge in [0.2, 0.25) is 5.91 Å². The predicted octanol–water partition coefficient (Wildman–Crippen LogP) is 1.09. The zero-order valence-electron chi connectivity index (χ0n) is 13.0. The van der Waals surface area contributed by atoms with Gasteiger partial charge in [0.25, 0.3) is 0 Å². The summed E-state index contributed by atoms with van der Waals surface area (Å²) < 4.78 is 5.41. The SMILES string of the molecule is CNCCC(=O)N(C)Cc1ccccc1N1CCOCC1. The Morgan fingerprint density at radius 2 is 2.05 bits per heavy atom. The van der Waals surface area contributed by atoms with Crippen LogP contribution in [0.2, 0.25) is 0 Å². The minimum absolute atomic E-state index is 0.168. The average molecular weight is 291 g/mol. The minimum Gasteiger partial charge on any atom is -0.378 e. The monoisotopic (exact) mass is 291 g/mol. The molecule has 0 unspecified atom stereocenters. The molecule has 1 amide bonds. The van der Waals surface area contributed by atoms with E-state index in [1.165, 1.54) is 11.3 Å². The van der Waals surface area contributed by atoms with Crippen molar-refractivity contribution in [1.82, 2.24) is 10.2 Å². The van der Waals surface area contributed by atoms with Gasteiger partial charge in [0.1, 0.15) is 0 Å². The van der Waals surface area contributed by atoms with Gasteiger partial charge in [-0.25, -0.2) is 0 Å². The van der Waals surface area contributed by atoms with Crippen LogP contribution in [0.5, 0.6) is 0 Å². The van der Waals surface area contributed by atoms with Gasteiger partial charge in [-0.2, -0.15) is 0 Å². The van der Waals surface area contributed by atoms with Crippen LogP contribution in [0.3, 0.4) is 0 Å². The van der Waals surface area contributed by atoms with E-state index in [4.69, 9.17) is 4.74 Å². The van der Waals surface area contributed by atoms with Crippen LogP contribution < -0.4 is 10.2 Å². The molecule has 0 spiro atoms. The summed E-state index contributed by atoms with van der Waals surface area (Å²) >= 11 is 0. The standard InChI is InChI=1S/C16H25N3O2/c1-17-8-7-16(20)18(2)13-14-5-3-4-6-15(14)19-9-11-21-12-10-19/h3-6,17H,7-13H2,1-2H3. The molecule has 1 fully saturated rings. The van der Waals surface area contributed by atoms with E-state index < -0.39 is 0 Å². The third-order valence-electron chi connectivity index (χ3n) is 3.77. The van der Waals surface area contributed by atoms with Gasteiger partial charge in [-0.1, -0.05) is 18.2 Å². The summed E-state index contributed by atoms with van der Waals surface area (Å²) in [6, 6.07) is 8.32. The molecule has 0 aromatic heterocycles. The van der Waals surface area contributed by atoms with E-state index in [1.807, 2.05) is 20.2 Å². The summed E-state index contributed by atoms with van der Waals surface area (Å²) in [6.07, 6.45) is 0.534. The lowest BCUT2D eigenvalue weighted by Crippen LogP contribution is -2.37. The van der Waals surface area contributed by atoms with Crippen LogP contribution in [0.25, 0.3) is 0 Å². The number of para-hydroxylation sites is 1. The van der Waals surface area contributed by atoms with Gasteiger partial charge >= 0.3 is 0 Å². The van der Waals surface area contributed by atoms with Crippen molar-refractivity contribution in [3.05, 3.63) is 29.8 Å². The maximum Gasteiger partial charge on any atom is 0.223 e. The first-order valence-corrected chi connectivity index (χ1v) is 7.51. The van der Waals surface area contributed by atoms with E-state index in [0.29, 0.717) is 19.5 Å². The van der Waals surface area contributed by atoms with Crippen molar-refractivity contribution in [1.29, 1.82) is 0 Å². The second kappa shape index (κ2) is 8.00. The Morgan fingerprint density at radius 3 is 2.76 bits per heavy atom. The average Bonchev–Trinajstić information content (AvgIpc) is 2.54. The third kappa shape index (κ3) is 4.44. The lowest BCUT2D eigenvalue weighted by atomic mass is 10.1. The van der Waals surface area contributed by atoms with Crippen LogP contribution in [0.1, 0.15) is 12.0 Å². The minimum atomic E-state index is 0.168. The van der Waals surface area contributed by atoms with E-state index in [-0.39, 0.29) is 5.91 Å². The Kier molecular flexibility index (Phi) is 6.02. The van der Waals surface area contributed by atoms with Crippen molar-refractivity contribution in [2.45, 2.75) is 13.0 Å². The molecule has 0 saturated carbocycles. The lowest BCUT2D eigenvalue weighted by molar-refractivity contribution is -0.130. The smallest absolute Gasteiger partial charge is 0.223 e. The van der Waals surface area contributed by atoms with E-state index in [0.717, 1.165) is 26.3 Å². The summed E-state index contributed by atoms with van der Waals surface area (Å²) in [5, 5.41) is 3.01. The summed E-state index contributed by atoms with van der Waals surface area (Å²) in [5.41, 5.74) is 2.41. The molecule has 5 nitrogen and oxygen atoms in total. The molecule has 5 heteroatoms. The quantitative estimate of drug-likeness (QED) is 0.852. The molecule has 1 aliphatic rings. The molecule has 116 valence electrons. The molecule has 1 aromatic carbocycles. The fraction of sp³-hybridized carbons (Fsp3) is 0.562. The maximum atomic E-state index is 12.0. The van der Waals surface area contributed by atoms with Gasteiger partial charge in [-0.15, -0.1) is 0 Å². The number of hydrogen-bond donors (Lipinski definition) is 1. The van der Waals surface area contributed by atoms with Crippen molar-refractivity contribution in [3.63, 3.8) is 0 Å². The van der Waals surface area contributed by atoms with Crippen LogP contribution >= 0.6 is 0 Å². The van der Waals surface area contributed by atoms with Crippen molar-refractivity contribution >= 4 is 11.6 Å². The number of ether oxygens (including phenoxy) is 1. The molecule has 1 N–H and O–H groups in total. The normalized spacial score (nSPS) is 15.0. The highest BCUT2D eigenvalue weighted by Crippen LogP contribution is 2.22. The number of hydrogen-bond acceptors (Lipinski definition) is 4. The highest BCUT2D eigenvalue weighted by atomic mass is 16.5. The summed E-state index contributed by atoms with van der Waals surface area (Å²) in [5.74, 6) is 0.168. The number of carbonyl (C=O) groups excluding carboxylic acids is 1. The molecule has 0 radical (unpaired) electrons. The van der Waals surface area contributed by atoms with Crippen molar-refractivity contribution in [3.8, 4) is 0 Å². The van der Waals surface area contributed by atoms with E-state index in [1.54, 1.807) is 4.90 Å². The molecular weight excluding hydrogens is 266 g/mol. The Balaban J connectivity index is 2.03. The molecule has 0 aliphatic carbocycles. The number of morpholine rings is 1. The molecule has 2 rings (SSSR count). The van der Waals surface area contributed by atoms with E-state index in [9.17, 15) is 4.79 Å². The first kappa shape index (κ1) is 15.8. The largest absolute Gasteiger partial charge is 0.378 e. The van der Waals surface area contributed by atoms with Gasteiger partial charge in [-0.05, 0) is 18.7 Å². The topological polar surface area (TPSA) is 44.8 Å². The molecule has 1 aliphatic heterocycles. The highest BCUT2D eigenvalue weighted by Gasteiger charge is 2.16. The number of rotatable bonds is 6. The third-order valence-corrected chi connectivity index (χ3v) is 3.77. The second-order valence-electron chi connectivity index (χ2n) is 5.33. The van der Waals surface area contributed by atoms with Gasteiger partial charge in [0.05, 0.1) is 13.2 Å². The number of carbonyl (C=O) groups is 1. The Hall–Kier alpha value is -1.59. The molecule has 0 atom stereocenters. The van der Waals surface area contributed by atoms with Gasteiger partial charge in [-0.3, -0.25) is 4.79 Å². The number of benzene rings is 1. The molecule has 1 saturated heterocycles. The van der Waals surface area contributed by atoms with Gasteiger partial charge in [0, 0.05) is 45.3 Å². The van der Waals surface area contributed by atoms with E-state index in [2.05, 4.69) is 28.4 Å². The van der Waals surface area contributed by atoms with Crippen LogP contribution in [0, 0.1) is 0 Å². The predicted molar refractivity (Wildman–Crippen MR) is 84.5 cm³/mol. The molecule has 21 heavy (non-hydrogen) atoms.